The second kappa shape index (κ2) is 9.84. The molecule has 1 fully saturated rings. The minimum atomic E-state index is -0.513. The van der Waals surface area contributed by atoms with Crippen LogP contribution in [0.25, 0.3) is 0 Å². The quantitative estimate of drug-likeness (QED) is 0.480. The van der Waals surface area contributed by atoms with Gasteiger partial charge in [-0.25, -0.2) is 4.98 Å². The Bertz CT molecular complexity index is 862. The smallest absolute Gasteiger partial charge is 0.289 e. The maximum absolute atomic E-state index is 11.2. The number of nitro groups is 1. The van der Waals surface area contributed by atoms with Crippen molar-refractivity contribution in [2.45, 2.75) is 51.5 Å². The summed E-state index contributed by atoms with van der Waals surface area (Å²) in [5, 5.41) is 23.8. The molecule has 29 heavy (non-hydrogen) atoms. The van der Waals surface area contributed by atoms with Gasteiger partial charge in [-0.05, 0) is 44.2 Å². The van der Waals surface area contributed by atoms with Crippen LogP contribution in [-0.2, 0) is 6.42 Å². The first kappa shape index (κ1) is 21.3. The summed E-state index contributed by atoms with van der Waals surface area (Å²) >= 11 is 5.91. The Hall–Kier alpha value is -2.45. The van der Waals surface area contributed by atoms with Crippen LogP contribution in [0.15, 0.2) is 24.3 Å². The van der Waals surface area contributed by atoms with E-state index < -0.39 is 4.92 Å². The van der Waals surface area contributed by atoms with Gasteiger partial charge in [0.15, 0.2) is 0 Å². The van der Waals surface area contributed by atoms with Crippen molar-refractivity contribution in [3.05, 3.63) is 45.1 Å². The Labute approximate surface area is 175 Å². The van der Waals surface area contributed by atoms with Gasteiger partial charge in [0.05, 0.1) is 4.92 Å². The van der Waals surface area contributed by atoms with E-state index in [4.69, 9.17) is 11.6 Å². The third-order valence-electron chi connectivity index (χ3n) is 5.05. The molecule has 8 nitrogen and oxygen atoms in total. The number of halogens is 1. The van der Waals surface area contributed by atoms with E-state index in [0.717, 1.165) is 50.2 Å². The lowest BCUT2D eigenvalue weighted by Crippen LogP contribution is -2.40. The van der Waals surface area contributed by atoms with Crippen LogP contribution < -0.4 is 10.2 Å². The first-order valence-corrected chi connectivity index (χ1v) is 10.4. The molecule has 0 amide bonds. The van der Waals surface area contributed by atoms with Gasteiger partial charge < -0.3 is 15.3 Å². The van der Waals surface area contributed by atoms with Gasteiger partial charge in [-0.2, -0.15) is 4.98 Å². The first-order chi connectivity index (χ1) is 14.0. The normalized spacial score (nSPS) is 16.7. The van der Waals surface area contributed by atoms with Gasteiger partial charge in [-0.15, -0.1) is 0 Å². The molecule has 2 heterocycles. The van der Waals surface area contributed by atoms with Crippen molar-refractivity contribution in [2.24, 2.45) is 0 Å². The highest BCUT2D eigenvalue weighted by molar-refractivity contribution is 6.32. The van der Waals surface area contributed by atoms with Crippen LogP contribution >= 0.6 is 11.6 Å². The fourth-order valence-corrected chi connectivity index (χ4v) is 3.87. The number of aryl methyl sites for hydroxylation is 1. The van der Waals surface area contributed by atoms with Crippen LogP contribution in [0.4, 0.5) is 23.1 Å². The zero-order chi connectivity index (χ0) is 20.8. The summed E-state index contributed by atoms with van der Waals surface area (Å²) < 4.78 is 0. The van der Waals surface area contributed by atoms with E-state index >= 15 is 0 Å². The molecule has 0 bridgehead atoms. The predicted octanol–water partition coefficient (Wildman–Crippen LogP) is 4.48. The number of nitro benzene ring substituents is 1. The Kier molecular flexibility index (Phi) is 7.22. The molecular weight excluding hydrogens is 394 g/mol. The molecule has 1 aliphatic heterocycles. The maximum Gasteiger partial charge on any atom is 0.289 e. The van der Waals surface area contributed by atoms with Gasteiger partial charge in [0.2, 0.25) is 5.95 Å². The van der Waals surface area contributed by atoms with Gasteiger partial charge in [0, 0.05) is 42.7 Å². The highest BCUT2D eigenvalue weighted by Crippen LogP contribution is 2.30. The minimum Gasteiger partial charge on any atom is -0.396 e. The van der Waals surface area contributed by atoms with Crippen LogP contribution in [-0.4, -0.2) is 39.2 Å². The van der Waals surface area contributed by atoms with E-state index in [1.54, 1.807) is 6.07 Å². The molecule has 1 aromatic heterocycles. The van der Waals surface area contributed by atoms with Gasteiger partial charge >= 0.3 is 0 Å². The molecule has 3 rings (SSSR count). The highest BCUT2D eigenvalue weighted by Gasteiger charge is 2.24. The van der Waals surface area contributed by atoms with Crippen LogP contribution in [0, 0.1) is 10.1 Å². The number of aromatic nitrogens is 2. The minimum absolute atomic E-state index is 0.0852. The van der Waals surface area contributed by atoms with E-state index in [0.29, 0.717) is 18.1 Å². The number of hydrogen-bond donors (Lipinski definition) is 2. The number of hydrogen-bond acceptors (Lipinski definition) is 7. The average molecular weight is 420 g/mol. The molecule has 0 aliphatic carbocycles. The summed E-state index contributed by atoms with van der Waals surface area (Å²) in [6, 6.07) is 6.80. The van der Waals surface area contributed by atoms with Crippen molar-refractivity contribution in [1.82, 2.24) is 9.97 Å². The van der Waals surface area contributed by atoms with Crippen molar-refractivity contribution in [3.8, 4) is 0 Å². The number of anilines is 3. The lowest BCUT2D eigenvalue weighted by atomic mass is 9.99. The lowest BCUT2D eigenvalue weighted by Gasteiger charge is -2.36. The molecule has 9 heteroatoms. The van der Waals surface area contributed by atoms with E-state index in [2.05, 4.69) is 27.1 Å². The predicted molar refractivity (Wildman–Crippen MR) is 114 cm³/mol. The Balaban J connectivity index is 1.92. The first-order valence-electron chi connectivity index (χ1n) is 9.98. The number of nitrogens with zero attached hydrogens (tertiary/aromatic N) is 4. The zero-order valence-electron chi connectivity index (χ0n) is 16.5. The van der Waals surface area contributed by atoms with E-state index in [9.17, 15) is 15.2 Å². The molecule has 1 aromatic carbocycles. The average Bonchev–Trinajstić information content (AvgIpc) is 2.70. The van der Waals surface area contributed by atoms with Gasteiger partial charge in [-0.1, -0.05) is 24.9 Å². The zero-order valence-corrected chi connectivity index (χ0v) is 17.2. The third-order valence-corrected chi connectivity index (χ3v) is 5.37. The highest BCUT2D eigenvalue weighted by atomic mass is 35.5. The van der Waals surface area contributed by atoms with E-state index in [-0.39, 0.29) is 23.4 Å². The van der Waals surface area contributed by atoms with Crippen molar-refractivity contribution in [2.75, 3.05) is 23.4 Å². The fraction of sp³-hybridized carbons (Fsp3) is 0.500. The maximum atomic E-state index is 11.2. The number of piperidine rings is 1. The topological polar surface area (TPSA) is 104 Å². The fourth-order valence-electron chi connectivity index (χ4n) is 3.68. The third kappa shape index (κ3) is 5.33. The van der Waals surface area contributed by atoms with Crippen molar-refractivity contribution in [1.29, 1.82) is 0 Å². The summed E-state index contributed by atoms with van der Waals surface area (Å²) in [5.41, 5.74) is 1.25. The summed E-state index contributed by atoms with van der Waals surface area (Å²) in [6.07, 6.45) is 5.72. The van der Waals surface area contributed by atoms with Crippen molar-refractivity contribution < 1.29 is 10.0 Å². The summed E-state index contributed by atoms with van der Waals surface area (Å²) in [6.45, 7) is 3.12. The Morgan fingerprint density at radius 1 is 1.34 bits per heavy atom. The van der Waals surface area contributed by atoms with Gasteiger partial charge in [0.1, 0.15) is 10.8 Å². The molecule has 2 N–H and O–H groups in total. The summed E-state index contributed by atoms with van der Waals surface area (Å²) in [7, 11) is 0. The molecule has 0 unspecified atom stereocenters. The number of aliphatic hydroxyl groups is 1. The van der Waals surface area contributed by atoms with Crippen molar-refractivity contribution >= 4 is 34.7 Å². The van der Waals surface area contributed by atoms with Crippen LogP contribution in [0.3, 0.4) is 0 Å². The standard InChI is InChI=1S/C20H26ClN5O3/c1-2-5-14-13-19(25-10-4-3-6-16(25)9-11-27)24-20(22-14)23-15-7-8-17(21)18(12-15)26(28)29/h7-8,12-13,16,27H,2-6,9-11H2,1H3,(H,22,23,24)/t16-/m0/s1. The monoisotopic (exact) mass is 419 g/mol. The summed E-state index contributed by atoms with van der Waals surface area (Å²) in [5.74, 6) is 1.23. The molecule has 1 saturated heterocycles. The van der Waals surface area contributed by atoms with Crippen LogP contribution in [0.1, 0.15) is 44.7 Å². The number of benzene rings is 1. The lowest BCUT2D eigenvalue weighted by molar-refractivity contribution is -0.384. The second-order valence-corrected chi connectivity index (χ2v) is 7.60. The Morgan fingerprint density at radius 3 is 2.90 bits per heavy atom. The van der Waals surface area contributed by atoms with Gasteiger partial charge in [-0.3, -0.25) is 10.1 Å². The second-order valence-electron chi connectivity index (χ2n) is 7.19. The molecule has 0 radical (unpaired) electrons. The molecule has 0 spiro atoms. The van der Waals surface area contributed by atoms with E-state index in [1.807, 2.05) is 6.07 Å². The largest absolute Gasteiger partial charge is 0.396 e. The number of rotatable bonds is 8. The molecular formula is C20H26ClN5O3. The Morgan fingerprint density at radius 2 is 2.17 bits per heavy atom. The van der Waals surface area contributed by atoms with Gasteiger partial charge in [0.25, 0.3) is 5.69 Å². The summed E-state index contributed by atoms with van der Waals surface area (Å²) in [4.78, 5) is 22.2. The van der Waals surface area contributed by atoms with Crippen LogP contribution in [0.2, 0.25) is 5.02 Å². The van der Waals surface area contributed by atoms with Crippen molar-refractivity contribution in [3.63, 3.8) is 0 Å². The SMILES string of the molecule is CCCc1cc(N2CCCC[C@H]2CCO)nc(Nc2ccc(Cl)c([N+](=O)[O-])c2)n1. The number of nitrogens with one attached hydrogen (secondary N) is 1. The molecule has 2 aromatic rings. The van der Waals surface area contributed by atoms with E-state index in [1.165, 1.54) is 12.1 Å². The molecule has 156 valence electrons. The molecule has 1 atom stereocenters. The molecule has 0 saturated carbocycles. The molecule has 1 aliphatic rings. The van der Waals surface area contributed by atoms with Crippen LogP contribution in [0.5, 0.6) is 0 Å². The number of aliphatic hydroxyl groups excluding tert-OH is 1.